The molecule has 32 heavy (non-hydrogen) atoms. The van der Waals surface area contributed by atoms with Crippen molar-refractivity contribution < 1.29 is 18.0 Å². The minimum absolute atomic E-state index is 0.154. The molecule has 0 saturated heterocycles. The minimum Gasteiger partial charge on any atom is -0.351 e. The number of alkyl halides is 3. The van der Waals surface area contributed by atoms with Gasteiger partial charge in [0.1, 0.15) is 22.7 Å². The van der Waals surface area contributed by atoms with Crippen LogP contribution < -0.4 is 10.6 Å². The SMILES string of the molecule is O=C(NCC(F)F)c1cnc2ccc(-c3c[nH]c4nc(NCC5(F)CCC5)ncc34)cn12. The highest BCUT2D eigenvalue weighted by Crippen LogP contribution is 2.35. The van der Waals surface area contributed by atoms with Crippen molar-refractivity contribution in [3.63, 3.8) is 0 Å². The monoisotopic (exact) mass is 443 g/mol. The number of nitrogens with one attached hydrogen (secondary N) is 3. The molecular formula is C21H20F3N7O. The maximum atomic E-state index is 14.2. The summed E-state index contributed by atoms with van der Waals surface area (Å²) in [5.74, 6) is -0.289. The summed E-state index contributed by atoms with van der Waals surface area (Å²) >= 11 is 0. The van der Waals surface area contributed by atoms with Gasteiger partial charge in [0.05, 0.1) is 19.3 Å². The van der Waals surface area contributed by atoms with Gasteiger partial charge in [-0.2, -0.15) is 4.98 Å². The summed E-state index contributed by atoms with van der Waals surface area (Å²) in [6, 6.07) is 3.57. The number of H-pyrrole nitrogens is 1. The molecule has 3 N–H and O–H groups in total. The first-order valence-electron chi connectivity index (χ1n) is 10.2. The van der Waals surface area contributed by atoms with Crippen molar-refractivity contribution >= 4 is 28.5 Å². The van der Waals surface area contributed by atoms with Gasteiger partial charge in [-0.15, -0.1) is 0 Å². The molecule has 0 aliphatic heterocycles. The van der Waals surface area contributed by atoms with Crippen molar-refractivity contribution in [2.45, 2.75) is 31.4 Å². The van der Waals surface area contributed by atoms with Gasteiger partial charge >= 0.3 is 0 Å². The van der Waals surface area contributed by atoms with Crippen LogP contribution in [0.5, 0.6) is 0 Å². The van der Waals surface area contributed by atoms with E-state index in [1.54, 1.807) is 29.1 Å². The number of carbonyl (C=O) groups excluding carboxylic acids is 1. The summed E-state index contributed by atoms with van der Waals surface area (Å²) in [6.45, 7) is -0.550. The average Bonchev–Trinajstić information content (AvgIpc) is 3.38. The molecule has 1 saturated carbocycles. The van der Waals surface area contributed by atoms with Gasteiger partial charge in [-0.3, -0.25) is 9.20 Å². The number of nitrogens with zero attached hydrogens (tertiary/aromatic N) is 4. The fraction of sp³-hybridized carbons (Fsp3) is 0.333. The fourth-order valence-corrected chi connectivity index (χ4v) is 3.77. The number of aromatic nitrogens is 5. The molecule has 4 heterocycles. The largest absolute Gasteiger partial charge is 0.351 e. The van der Waals surface area contributed by atoms with Crippen LogP contribution in [0.15, 0.2) is 36.9 Å². The number of imidazole rings is 1. The van der Waals surface area contributed by atoms with E-state index in [4.69, 9.17) is 0 Å². The van der Waals surface area contributed by atoms with E-state index < -0.39 is 24.5 Å². The molecular weight excluding hydrogens is 423 g/mol. The zero-order valence-corrected chi connectivity index (χ0v) is 16.9. The Labute approximate surface area is 180 Å². The quantitative estimate of drug-likeness (QED) is 0.406. The van der Waals surface area contributed by atoms with E-state index in [-0.39, 0.29) is 12.2 Å². The van der Waals surface area contributed by atoms with Gasteiger partial charge in [0.15, 0.2) is 0 Å². The van der Waals surface area contributed by atoms with E-state index in [1.165, 1.54) is 6.20 Å². The van der Waals surface area contributed by atoms with Crippen molar-refractivity contribution in [3.8, 4) is 11.1 Å². The van der Waals surface area contributed by atoms with Gasteiger partial charge in [0.25, 0.3) is 12.3 Å². The summed E-state index contributed by atoms with van der Waals surface area (Å²) in [4.78, 5) is 28.2. The number of halogens is 3. The zero-order valence-electron chi connectivity index (χ0n) is 16.9. The van der Waals surface area contributed by atoms with Crippen LogP contribution in [-0.4, -0.2) is 55.4 Å². The van der Waals surface area contributed by atoms with E-state index in [9.17, 15) is 18.0 Å². The second-order valence-electron chi connectivity index (χ2n) is 7.91. The lowest BCUT2D eigenvalue weighted by atomic mass is 9.82. The van der Waals surface area contributed by atoms with Gasteiger partial charge in [-0.1, -0.05) is 0 Å². The number of amides is 1. The molecule has 166 valence electrons. The van der Waals surface area contributed by atoms with Gasteiger partial charge in [0.2, 0.25) is 5.95 Å². The molecule has 0 radical (unpaired) electrons. The Balaban J connectivity index is 1.42. The Bertz CT molecular complexity index is 1300. The maximum absolute atomic E-state index is 14.2. The van der Waals surface area contributed by atoms with Crippen LogP contribution in [0.25, 0.3) is 27.8 Å². The molecule has 0 unspecified atom stereocenters. The molecule has 11 heteroatoms. The Hall–Kier alpha value is -3.63. The molecule has 4 aromatic heterocycles. The van der Waals surface area contributed by atoms with Crippen LogP contribution >= 0.6 is 0 Å². The summed E-state index contributed by atoms with van der Waals surface area (Å²) in [7, 11) is 0. The number of aromatic amines is 1. The van der Waals surface area contributed by atoms with E-state index in [1.807, 2.05) is 6.07 Å². The maximum Gasteiger partial charge on any atom is 0.270 e. The van der Waals surface area contributed by atoms with Crippen molar-refractivity contribution in [2.24, 2.45) is 0 Å². The Kier molecular flexibility index (Phi) is 4.95. The second kappa shape index (κ2) is 7.81. The van der Waals surface area contributed by atoms with E-state index in [0.29, 0.717) is 30.1 Å². The third-order valence-corrected chi connectivity index (χ3v) is 5.71. The molecule has 1 aliphatic rings. The Morgan fingerprint density at radius 1 is 1.25 bits per heavy atom. The van der Waals surface area contributed by atoms with Gasteiger partial charge in [0, 0.05) is 35.1 Å². The van der Waals surface area contributed by atoms with Crippen LogP contribution in [0.2, 0.25) is 0 Å². The molecule has 5 rings (SSSR count). The van der Waals surface area contributed by atoms with E-state index in [2.05, 4.69) is 30.6 Å². The summed E-state index contributed by atoms with van der Waals surface area (Å²) in [5, 5.41) is 5.90. The predicted octanol–water partition coefficient (Wildman–Crippen LogP) is 3.57. The average molecular weight is 443 g/mol. The molecule has 0 aromatic carbocycles. The molecule has 1 fully saturated rings. The lowest BCUT2D eigenvalue weighted by molar-refractivity contribution is 0.0782. The predicted molar refractivity (Wildman–Crippen MR) is 113 cm³/mol. The first kappa shape index (κ1) is 20.3. The van der Waals surface area contributed by atoms with Crippen LogP contribution in [0.4, 0.5) is 19.1 Å². The first-order chi connectivity index (χ1) is 15.4. The van der Waals surface area contributed by atoms with Crippen molar-refractivity contribution in [2.75, 3.05) is 18.4 Å². The van der Waals surface area contributed by atoms with Gasteiger partial charge in [-0.25, -0.2) is 23.1 Å². The second-order valence-corrected chi connectivity index (χ2v) is 7.91. The van der Waals surface area contributed by atoms with Crippen molar-refractivity contribution in [1.29, 1.82) is 0 Å². The highest BCUT2D eigenvalue weighted by molar-refractivity contribution is 5.95. The van der Waals surface area contributed by atoms with Gasteiger partial charge < -0.3 is 15.6 Å². The summed E-state index contributed by atoms with van der Waals surface area (Å²) < 4.78 is 40.6. The lowest BCUT2D eigenvalue weighted by Crippen LogP contribution is -2.39. The molecule has 4 aromatic rings. The van der Waals surface area contributed by atoms with Crippen LogP contribution in [0.1, 0.15) is 29.8 Å². The normalized spacial score (nSPS) is 15.2. The Morgan fingerprint density at radius 2 is 2.09 bits per heavy atom. The smallest absolute Gasteiger partial charge is 0.270 e. The van der Waals surface area contributed by atoms with Crippen LogP contribution in [-0.2, 0) is 0 Å². The highest BCUT2D eigenvalue weighted by Gasteiger charge is 2.36. The number of rotatable bonds is 7. The molecule has 0 atom stereocenters. The van der Waals surface area contributed by atoms with Crippen molar-refractivity contribution in [3.05, 3.63) is 42.6 Å². The molecule has 8 nitrogen and oxygen atoms in total. The number of carbonyl (C=O) groups is 1. The molecule has 0 spiro atoms. The standard InChI is InChI=1S/C21H20F3N7O/c22-16(23)9-27-19(32)15-8-25-17-3-2-12(10-31(15)17)13-6-26-18-14(13)7-28-20(30-18)29-11-21(24)4-1-5-21/h2-3,6-8,10,16H,1,4-5,9,11H2,(H,27,32)(H2,26,28,29,30). The summed E-state index contributed by atoms with van der Waals surface area (Å²) in [6.07, 6.45) is 5.82. The topological polar surface area (TPSA) is 100 Å². The highest BCUT2D eigenvalue weighted by atomic mass is 19.3. The lowest BCUT2D eigenvalue weighted by Gasteiger charge is -2.33. The third kappa shape index (κ3) is 3.74. The number of pyridine rings is 1. The zero-order chi connectivity index (χ0) is 22.3. The number of anilines is 1. The number of hydrogen-bond acceptors (Lipinski definition) is 5. The van der Waals surface area contributed by atoms with E-state index >= 15 is 0 Å². The Morgan fingerprint density at radius 3 is 2.84 bits per heavy atom. The summed E-state index contributed by atoms with van der Waals surface area (Å²) in [5.41, 5.74) is 1.61. The fourth-order valence-electron chi connectivity index (χ4n) is 3.77. The minimum atomic E-state index is -2.64. The molecule has 1 amide bonds. The van der Waals surface area contributed by atoms with E-state index in [0.717, 1.165) is 22.9 Å². The first-order valence-corrected chi connectivity index (χ1v) is 10.2. The van der Waals surface area contributed by atoms with Crippen molar-refractivity contribution in [1.82, 2.24) is 29.7 Å². The molecule has 0 bridgehead atoms. The number of hydrogen-bond donors (Lipinski definition) is 3. The van der Waals surface area contributed by atoms with Crippen LogP contribution in [0.3, 0.4) is 0 Å². The molecule has 1 aliphatic carbocycles. The van der Waals surface area contributed by atoms with Gasteiger partial charge in [-0.05, 0) is 31.4 Å². The third-order valence-electron chi connectivity index (χ3n) is 5.71. The number of fused-ring (bicyclic) bond motifs is 2. The van der Waals surface area contributed by atoms with Crippen LogP contribution in [0, 0.1) is 0 Å².